The summed E-state index contributed by atoms with van der Waals surface area (Å²) in [5.41, 5.74) is 2.92. The molecule has 2 N–H and O–H groups in total. The van der Waals surface area contributed by atoms with Crippen LogP contribution in [0.15, 0.2) is 47.6 Å². The van der Waals surface area contributed by atoms with Crippen LogP contribution in [0.2, 0.25) is 15.1 Å². The van der Waals surface area contributed by atoms with Gasteiger partial charge in [0, 0.05) is 16.3 Å². The second kappa shape index (κ2) is 7.97. The average Bonchev–Trinajstić information content (AvgIpc) is 2.50. The number of hydrogen-bond acceptors (Lipinski definition) is 3. The zero-order valence-corrected chi connectivity index (χ0v) is 13.8. The molecule has 0 radical (unpaired) electrons. The van der Waals surface area contributed by atoms with Gasteiger partial charge in [-0.25, -0.2) is 5.43 Å². The van der Waals surface area contributed by atoms with Crippen LogP contribution in [0, 0.1) is 0 Å². The quantitative estimate of drug-likeness (QED) is 0.491. The minimum absolute atomic E-state index is 0.374. The Morgan fingerprint density at radius 2 is 1.61 bits per heavy atom. The van der Waals surface area contributed by atoms with Crippen LogP contribution in [0.5, 0.6) is 0 Å². The predicted octanol–water partition coefficient (Wildman–Crippen LogP) is 3.74. The van der Waals surface area contributed by atoms with Crippen LogP contribution in [0.25, 0.3) is 0 Å². The lowest BCUT2D eigenvalue weighted by atomic mass is 10.2. The first-order valence-electron chi connectivity index (χ1n) is 6.31. The van der Waals surface area contributed by atoms with Crippen molar-refractivity contribution in [1.29, 1.82) is 0 Å². The molecule has 2 rings (SSSR count). The number of anilines is 1. The average molecular weight is 371 g/mol. The molecular formula is C15H10Cl3N3O2. The molecule has 0 aliphatic rings. The van der Waals surface area contributed by atoms with Crippen molar-refractivity contribution in [3.63, 3.8) is 0 Å². The smallest absolute Gasteiger partial charge is 0.318 e. The van der Waals surface area contributed by atoms with Crippen molar-refractivity contribution in [2.24, 2.45) is 5.10 Å². The molecule has 8 heteroatoms. The van der Waals surface area contributed by atoms with Crippen molar-refractivity contribution in [3.05, 3.63) is 63.1 Å². The highest BCUT2D eigenvalue weighted by atomic mass is 35.5. The van der Waals surface area contributed by atoms with Gasteiger partial charge in [-0.1, -0.05) is 46.9 Å². The first kappa shape index (κ1) is 17.3. The minimum Gasteiger partial charge on any atom is -0.318 e. The van der Waals surface area contributed by atoms with Gasteiger partial charge in [0.1, 0.15) is 0 Å². The fourth-order valence-electron chi connectivity index (χ4n) is 1.59. The molecule has 0 bridgehead atoms. The first-order chi connectivity index (χ1) is 11.0. The highest BCUT2D eigenvalue weighted by Crippen LogP contribution is 2.22. The Morgan fingerprint density at radius 3 is 2.26 bits per heavy atom. The number of hydrogen-bond donors (Lipinski definition) is 2. The standard InChI is InChI=1S/C15H10Cl3N3O2/c16-9-3-1-4-10(7-9)20-14(22)15(23)21-19-8-11-12(17)5-2-6-13(11)18/h1-8H,(H,20,22)(H,21,23)/b19-8+. The summed E-state index contributed by atoms with van der Waals surface area (Å²) in [5, 5.41) is 7.24. The molecule has 2 aromatic carbocycles. The summed E-state index contributed by atoms with van der Waals surface area (Å²) in [6.45, 7) is 0. The minimum atomic E-state index is -0.940. The Bertz CT molecular complexity index is 758. The number of rotatable bonds is 3. The largest absolute Gasteiger partial charge is 0.329 e. The van der Waals surface area contributed by atoms with Crippen molar-refractivity contribution < 1.29 is 9.59 Å². The summed E-state index contributed by atoms with van der Waals surface area (Å²) in [4.78, 5) is 23.4. The molecule has 0 heterocycles. The summed E-state index contributed by atoms with van der Waals surface area (Å²) in [5.74, 6) is -1.82. The van der Waals surface area contributed by atoms with E-state index in [2.05, 4.69) is 15.8 Å². The molecule has 0 spiro atoms. The molecule has 2 aromatic rings. The molecule has 0 aliphatic carbocycles. The number of nitrogens with zero attached hydrogens (tertiary/aromatic N) is 1. The molecule has 0 aliphatic heterocycles. The van der Waals surface area contributed by atoms with Gasteiger partial charge in [-0.3, -0.25) is 9.59 Å². The Balaban J connectivity index is 1.96. The fourth-order valence-corrected chi connectivity index (χ4v) is 2.28. The molecular weight excluding hydrogens is 361 g/mol. The van der Waals surface area contributed by atoms with E-state index >= 15 is 0 Å². The SMILES string of the molecule is O=C(N/N=C/c1c(Cl)cccc1Cl)C(=O)Nc1cccc(Cl)c1. The van der Waals surface area contributed by atoms with Gasteiger partial charge in [0.05, 0.1) is 16.3 Å². The first-order valence-corrected chi connectivity index (χ1v) is 7.44. The predicted molar refractivity (Wildman–Crippen MR) is 92.3 cm³/mol. The summed E-state index contributed by atoms with van der Waals surface area (Å²) < 4.78 is 0. The van der Waals surface area contributed by atoms with E-state index in [1.165, 1.54) is 12.3 Å². The molecule has 0 atom stereocenters. The van der Waals surface area contributed by atoms with Crippen molar-refractivity contribution in [3.8, 4) is 0 Å². The van der Waals surface area contributed by atoms with E-state index in [4.69, 9.17) is 34.8 Å². The van der Waals surface area contributed by atoms with Gasteiger partial charge in [0.2, 0.25) is 0 Å². The van der Waals surface area contributed by atoms with Crippen LogP contribution in [0.3, 0.4) is 0 Å². The van der Waals surface area contributed by atoms with Crippen LogP contribution in [-0.2, 0) is 9.59 Å². The lowest BCUT2D eigenvalue weighted by molar-refractivity contribution is -0.136. The van der Waals surface area contributed by atoms with Gasteiger partial charge in [-0.2, -0.15) is 5.10 Å². The molecule has 0 aromatic heterocycles. The van der Waals surface area contributed by atoms with E-state index in [1.54, 1.807) is 36.4 Å². The van der Waals surface area contributed by atoms with Crippen LogP contribution in [-0.4, -0.2) is 18.0 Å². The topological polar surface area (TPSA) is 70.6 Å². The van der Waals surface area contributed by atoms with Crippen LogP contribution < -0.4 is 10.7 Å². The Kier molecular flexibility index (Phi) is 5.98. The Morgan fingerprint density at radius 1 is 0.957 bits per heavy atom. The van der Waals surface area contributed by atoms with E-state index in [9.17, 15) is 9.59 Å². The van der Waals surface area contributed by atoms with Gasteiger partial charge in [0.25, 0.3) is 0 Å². The molecule has 0 saturated carbocycles. The van der Waals surface area contributed by atoms with Gasteiger partial charge in [-0.05, 0) is 30.3 Å². The van der Waals surface area contributed by atoms with Crippen molar-refractivity contribution in [1.82, 2.24) is 5.43 Å². The highest BCUT2D eigenvalue weighted by molar-refractivity contribution is 6.40. The number of hydrazone groups is 1. The fraction of sp³-hybridized carbons (Fsp3) is 0. The zero-order valence-electron chi connectivity index (χ0n) is 11.5. The number of carbonyl (C=O) groups excluding carboxylic acids is 2. The van der Waals surface area contributed by atoms with Crippen LogP contribution >= 0.6 is 34.8 Å². The maximum Gasteiger partial charge on any atom is 0.329 e. The highest BCUT2D eigenvalue weighted by Gasteiger charge is 2.13. The summed E-state index contributed by atoms with van der Waals surface area (Å²) in [6.07, 6.45) is 1.26. The van der Waals surface area contributed by atoms with Crippen molar-refractivity contribution in [2.75, 3.05) is 5.32 Å². The second-order valence-corrected chi connectivity index (χ2v) is 5.55. The van der Waals surface area contributed by atoms with E-state index < -0.39 is 11.8 Å². The third-order valence-electron chi connectivity index (χ3n) is 2.65. The lowest BCUT2D eigenvalue weighted by Gasteiger charge is -2.04. The van der Waals surface area contributed by atoms with Crippen molar-refractivity contribution >= 4 is 58.5 Å². The maximum atomic E-state index is 11.7. The third kappa shape index (κ3) is 4.96. The van der Waals surface area contributed by atoms with E-state index in [0.717, 1.165) is 0 Å². The van der Waals surface area contributed by atoms with Gasteiger partial charge in [0.15, 0.2) is 0 Å². The van der Waals surface area contributed by atoms with Crippen LogP contribution in [0.1, 0.15) is 5.56 Å². The molecule has 2 amide bonds. The molecule has 5 nitrogen and oxygen atoms in total. The number of nitrogens with one attached hydrogen (secondary N) is 2. The third-order valence-corrected chi connectivity index (χ3v) is 3.54. The number of amides is 2. The van der Waals surface area contributed by atoms with Gasteiger partial charge in [-0.15, -0.1) is 0 Å². The Labute approximate surface area is 147 Å². The summed E-state index contributed by atoms with van der Waals surface area (Å²) in [6, 6.07) is 11.3. The summed E-state index contributed by atoms with van der Waals surface area (Å²) >= 11 is 17.7. The zero-order chi connectivity index (χ0) is 16.8. The van der Waals surface area contributed by atoms with Gasteiger partial charge < -0.3 is 5.32 Å². The molecule has 118 valence electrons. The van der Waals surface area contributed by atoms with E-state index in [-0.39, 0.29) is 0 Å². The van der Waals surface area contributed by atoms with E-state index in [1.807, 2.05) is 0 Å². The monoisotopic (exact) mass is 369 g/mol. The van der Waals surface area contributed by atoms with Crippen molar-refractivity contribution in [2.45, 2.75) is 0 Å². The van der Waals surface area contributed by atoms with Crippen LogP contribution in [0.4, 0.5) is 5.69 Å². The molecule has 23 heavy (non-hydrogen) atoms. The maximum absolute atomic E-state index is 11.7. The number of carbonyl (C=O) groups is 2. The number of halogens is 3. The molecule has 0 unspecified atom stereocenters. The lowest BCUT2D eigenvalue weighted by Crippen LogP contribution is -2.32. The summed E-state index contributed by atoms with van der Waals surface area (Å²) in [7, 11) is 0. The second-order valence-electron chi connectivity index (χ2n) is 4.30. The normalized spacial score (nSPS) is 10.6. The van der Waals surface area contributed by atoms with Gasteiger partial charge >= 0.3 is 11.8 Å². The molecule has 0 saturated heterocycles. The number of benzene rings is 2. The Hall–Kier alpha value is -2.08. The van der Waals surface area contributed by atoms with E-state index in [0.29, 0.717) is 26.3 Å². The molecule has 0 fully saturated rings.